The van der Waals surface area contributed by atoms with Gasteiger partial charge in [0.05, 0.1) is 5.02 Å². The lowest BCUT2D eigenvalue weighted by atomic mass is 10.1. The van der Waals surface area contributed by atoms with Crippen LogP contribution in [0.25, 0.3) is 6.08 Å². The molecule has 1 aliphatic carbocycles. The monoisotopic (exact) mass is 321 g/mol. The zero-order valence-electron chi connectivity index (χ0n) is 12.4. The van der Waals surface area contributed by atoms with Gasteiger partial charge in [-0.1, -0.05) is 37.3 Å². The Kier molecular flexibility index (Phi) is 4.88. The molecule has 22 heavy (non-hydrogen) atoms. The van der Waals surface area contributed by atoms with Gasteiger partial charge in [-0.05, 0) is 36.6 Å². The summed E-state index contributed by atoms with van der Waals surface area (Å²) in [7, 11) is 0. The van der Waals surface area contributed by atoms with Crippen LogP contribution in [0.2, 0.25) is 5.02 Å². The Hall–Kier alpha value is -1.68. The minimum atomic E-state index is -0.0549. The molecule has 1 aromatic carbocycles. The average molecular weight is 322 g/mol. The lowest BCUT2D eigenvalue weighted by Gasteiger charge is -2.14. The molecule has 3 rings (SSSR count). The van der Waals surface area contributed by atoms with Gasteiger partial charge in [0.25, 0.3) is 0 Å². The summed E-state index contributed by atoms with van der Waals surface area (Å²) in [5.41, 5.74) is 0.824. The molecule has 1 fully saturated rings. The minimum Gasteiger partial charge on any atom is -0.454 e. The van der Waals surface area contributed by atoms with Crippen LogP contribution < -0.4 is 14.8 Å². The van der Waals surface area contributed by atoms with Crippen molar-refractivity contribution in [1.29, 1.82) is 0 Å². The molecule has 0 saturated heterocycles. The smallest absolute Gasteiger partial charge is 0.244 e. The van der Waals surface area contributed by atoms with Crippen LogP contribution in [-0.2, 0) is 4.79 Å². The van der Waals surface area contributed by atoms with E-state index in [2.05, 4.69) is 5.32 Å². The predicted molar refractivity (Wildman–Crippen MR) is 86.2 cm³/mol. The van der Waals surface area contributed by atoms with Crippen molar-refractivity contribution < 1.29 is 14.3 Å². The van der Waals surface area contributed by atoms with Crippen LogP contribution in [0, 0.1) is 0 Å². The first-order valence-electron chi connectivity index (χ1n) is 7.80. The molecule has 1 N–H and O–H groups in total. The van der Waals surface area contributed by atoms with Crippen molar-refractivity contribution in [3.8, 4) is 11.5 Å². The summed E-state index contributed by atoms with van der Waals surface area (Å²) >= 11 is 6.12. The molecular formula is C17H20ClNO3. The molecule has 1 saturated carbocycles. The first kappa shape index (κ1) is 15.2. The lowest BCUT2D eigenvalue weighted by Crippen LogP contribution is -2.33. The van der Waals surface area contributed by atoms with Crippen LogP contribution in [0.15, 0.2) is 18.2 Å². The number of nitrogens with one attached hydrogen (secondary N) is 1. The first-order valence-corrected chi connectivity index (χ1v) is 8.18. The SMILES string of the molecule is O=C(/C=C/c1cc(Cl)c2c(c1)OCO2)NC1CCCCCC1. The molecule has 0 atom stereocenters. The van der Waals surface area contributed by atoms with Crippen molar-refractivity contribution in [2.75, 3.05) is 6.79 Å². The quantitative estimate of drug-likeness (QED) is 0.678. The number of hydrogen-bond donors (Lipinski definition) is 1. The number of ether oxygens (including phenoxy) is 2. The molecule has 0 radical (unpaired) electrons. The highest BCUT2D eigenvalue weighted by Crippen LogP contribution is 2.40. The van der Waals surface area contributed by atoms with Crippen molar-refractivity contribution in [3.63, 3.8) is 0 Å². The summed E-state index contributed by atoms with van der Waals surface area (Å²) in [6.45, 7) is 0.185. The molecule has 0 spiro atoms. The largest absolute Gasteiger partial charge is 0.454 e. The number of benzene rings is 1. The van der Waals surface area contributed by atoms with Gasteiger partial charge < -0.3 is 14.8 Å². The van der Waals surface area contributed by atoms with E-state index in [9.17, 15) is 4.79 Å². The second kappa shape index (κ2) is 7.05. The van der Waals surface area contributed by atoms with Crippen molar-refractivity contribution >= 4 is 23.6 Å². The van der Waals surface area contributed by atoms with Crippen molar-refractivity contribution in [2.24, 2.45) is 0 Å². The number of carbonyl (C=O) groups is 1. The van der Waals surface area contributed by atoms with Gasteiger partial charge in [0.2, 0.25) is 12.7 Å². The van der Waals surface area contributed by atoms with Gasteiger partial charge in [-0.2, -0.15) is 0 Å². The second-order valence-electron chi connectivity index (χ2n) is 5.77. The zero-order valence-corrected chi connectivity index (χ0v) is 13.2. The summed E-state index contributed by atoms with van der Waals surface area (Å²) in [6.07, 6.45) is 10.4. The second-order valence-corrected chi connectivity index (χ2v) is 6.17. The fourth-order valence-electron chi connectivity index (χ4n) is 2.93. The molecule has 2 aliphatic rings. The molecule has 0 aromatic heterocycles. The summed E-state index contributed by atoms with van der Waals surface area (Å²) in [6, 6.07) is 3.90. The van der Waals surface area contributed by atoms with Gasteiger partial charge >= 0.3 is 0 Å². The Balaban J connectivity index is 1.61. The number of fused-ring (bicyclic) bond motifs is 1. The van der Waals surface area contributed by atoms with E-state index in [4.69, 9.17) is 21.1 Å². The average Bonchev–Trinajstić information content (AvgIpc) is 2.83. The van der Waals surface area contributed by atoms with Gasteiger partial charge in [0.15, 0.2) is 11.5 Å². The Morgan fingerprint density at radius 3 is 2.73 bits per heavy atom. The highest BCUT2D eigenvalue weighted by atomic mass is 35.5. The fraction of sp³-hybridized carbons (Fsp3) is 0.471. The summed E-state index contributed by atoms with van der Waals surface area (Å²) in [5.74, 6) is 1.14. The van der Waals surface area contributed by atoms with E-state index in [0.29, 0.717) is 22.6 Å². The Bertz CT molecular complexity index is 578. The normalized spacial score (nSPS) is 18.4. The van der Waals surface area contributed by atoms with E-state index in [1.807, 2.05) is 6.07 Å². The summed E-state index contributed by atoms with van der Waals surface area (Å²) in [5, 5.41) is 3.58. The molecule has 1 heterocycles. The van der Waals surface area contributed by atoms with Crippen molar-refractivity contribution in [1.82, 2.24) is 5.32 Å². The molecule has 1 aromatic rings. The molecule has 5 heteroatoms. The highest BCUT2D eigenvalue weighted by Gasteiger charge is 2.18. The number of carbonyl (C=O) groups excluding carboxylic acids is 1. The number of amides is 1. The predicted octanol–water partition coefficient (Wildman–Crippen LogP) is 3.92. The van der Waals surface area contributed by atoms with E-state index in [-0.39, 0.29) is 12.7 Å². The molecule has 4 nitrogen and oxygen atoms in total. The van der Waals surface area contributed by atoms with E-state index >= 15 is 0 Å². The maximum atomic E-state index is 12.0. The Labute approximate surface area is 135 Å². The number of halogens is 1. The molecule has 1 amide bonds. The van der Waals surface area contributed by atoms with Crippen LogP contribution in [0.5, 0.6) is 11.5 Å². The molecule has 0 bridgehead atoms. The Morgan fingerprint density at radius 1 is 1.18 bits per heavy atom. The Morgan fingerprint density at radius 2 is 1.95 bits per heavy atom. The molecule has 1 aliphatic heterocycles. The number of hydrogen-bond acceptors (Lipinski definition) is 3. The third kappa shape index (κ3) is 3.74. The third-order valence-electron chi connectivity index (χ3n) is 4.08. The van der Waals surface area contributed by atoms with Gasteiger partial charge in [-0.3, -0.25) is 4.79 Å². The van der Waals surface area contributed by atoms with Gasteiger partial charge in [0, 0.05) is 12.1 Å². The minimum absolute atomic E-state index is 0.0549. The summed E-state index contributed by atoms with van der Waals surface area (Å²) in [4.78, 5) is 12.0. The zero-order chi connectivity index (χ0) is 15.4. The number of rotatable bonds is 3. The summed E-state index contributed by atoms with van der Waals surface area (Å²) < 4.78 is 10.6. The third-order valence-corrected chi connectivity index (χ3v) is 4.36. The van der Waals surface area contributed by atoms with Crippen molar-refractivity contribution in [2.45, 2.75) is 44.6 Å². The highest BCUT2D eigenvalue weighted by molar-refractivity contribution is 6.32. The van der Waals surface area contributed by atoms with Crippen LogP contribution >= 0.6 is 11.6 Å². The van der Waals surface area contributed by atoms with Crippen LogP contribution in [0.4, 0.5) is 0 Å². The van der Waals surface area contributed by atoms with E-state index in [0.717, 1.165) is 18.4 Å². The van der Waals surface area contributed by atoms with E-state index in [1.165, 1.54) is 25.7 Å². The topological polar surface area (TPSA) is 47.6 Å². The molecule has 0 unspecified atom stereocenters. The molecule has 118 valence electrons. The van der Waals surface area contributed by atoms with E-state index < -0.39 is 0 Å². The van der Waals surface area contributed by atoms with Gasteiger partial charge in [-0.15, -0.1) is 0 Å². The van der Waals surface area contributed by atoms with Crippen LogP contribution in [-0.4, -0.2) is 18.7 Å². The maximum Gasteiger partial charge on any atom is 0.244 e. The lowest BCUT2D eigenvalue weighted by molar-refractivity contribution is -0.117. The van der Waals surface area contributed by atoms with E-state index in [1.54, 1.807) is 18.2 Å². The van der Waals surface area contributed by atoms with Crippen molar-refractivity contribution in [3.05, 3.63) is 28.8 Å². The standard InChI is InChI=1S/C17H20ClNO3/c18-14-9-12(10-15-17(14)22-11-21-15)7-8-16(20)19-13-5-3-1-2-4-6-13/h7-10,13H,1-6,11H2,(H,19,20)/b8-7+. The van der Waals surface area contributed by atoms with Crippen LogP contribution in [0.1, 0.15) is 44.1 Å². The first-order chi connectivity index (χ1) is 10.7. The van der Waals surface area contributed by atoms with Gasteiger partial charge in [-0.25, -0.2) is 0 Å². The van der Waals surface area contributed by atoms with Gasteiger partial charge in [0.1, 0.15) is 0 Å². The molecular weight excluding hydrogens is 302 g/mol. The fourth-order valence-corrected chi connectivity index (χ4v) is 3.20. The maximum absolute atomic E-state index is 12.0. The van der Waals surface area contributed by atoms with Crippen LogP contribution in [0.3, 0.4) is 0 Å².